The highest BCUT2D eigenvalue weighted by Crippen LogP contribution is 2.22. The fourth-order valence-corrected chi connectivity index (χ4v) is 2.23. The molecule has 1 aromatic rings. The molecule has 1 atom stereocenters. The van der Waals surface area contributed by atoms with E-state index in [0.717, 1.165) is 16.9 Å². The predicted molar refractivity (Wildman–Crippen MR) is 80.5 cm³/mol. The van der Waals surface area contributed by atoms with Crippen molar-refractivity contribution in [2.24, 2.45) is 0 Å². The molecule has 1 N–H and O–H groups in total. The summed E-state index contributed by atoms with van der Waals surface area (Å²) >= 11 is 0. The number of benzene rings is 1. The number of nitrogens with zero attached hydrogens (tertiary/aromatic N) is 1. The molecule has 0 aliphatic rings. The van der Waals surface area contributed by atoms with E-state index in [0.29, 0.717) is 6.42 Å². The van der Waals surface area contributed by atoms with Crippen LogP contribution in [0.25, 0.3) is 0 Å². The number of carbonyl (C=O) groups is 2. The second kappa shape index (κ2) is 7.67. The van der Waals surface area contributed by atoms with Crippen LogP contribution in [-0.4, -0.2) is 41.6 Å². The number of hydrogen-bond acceptors (Lipinski definition) is 3. The molecule has 0 aliphatic heterocycles. The number of para-hydroxylation sites is 1. The molecule has 5 nitrogen and oxygen atoms in total. The summed E-state index contributed by atoms with van der Waals surface area (Å²) in [5, 5.41) is 9.04. The number of hydrogen-bond donors (Lipinski definition) is 1. The Bertz CT molecular complexity index is 493. The number of rotatable bonds is 7. The first-order valence-corrected chi connectivity index (χ1v) is 7.06. The van der Waals surface area contributed by atoms with Gasteiger partial charge in [0.2, 0.25) is 5.91 Å². The highest BCUT2D eigenvalue weighted by Gasteiger charge is 2.24. The SMILES string of the molecule is CCC(C(=O)O)N(C)C(=O)CCOc1c(C)cccc1C. The van der Waals surface area contributed by atoms with Gasteiger partial charge in [0.05, 0.1) is 13.0 Å². The van der Waals surface area contributed by atoms with Crippen molar-refractivity contribution in [1.29, 1.82) is 0 Å². The van der Waals surface area contributed by atoms with Gasteiger partial charge < -0.3 is 14.7 Å². The third-order valence-corrected chi connectivity index (χ3v) is 3.50. The van der Waals surface area contributed by atoms with Gasteiger partial charge in [-0.3, -0.25) is 4.79 Å². The molecule has 0 radical (unpaired) electrons. The molecule has 0 saturated carbocycles. The molecule has 0 heterocycles. The summed E-state index contributed by atoms with van der Waals surface area (Å²) in [5.74, 6) is -0.419. The standard InChI is InChI=1S/C16H23NO4/c1-5-13(16(19)20)17(4)14(18)9-10-21-15-11(2)7-6-8-12(15)3/h6-8,13H,5,9-10H2,1-4H3,(H,19,20). The van der Waals surface area contributed by atoms with E-state index in [-0.39, 0.29) is 18.9 Å². The molecule has 116 valence electrons. The minimum Gasteiger partial charge on any atom is -0.493 e. The van der Waals surface area contributed by atoms with Crippen molar-refractivity contribution in [3.8, 4) is 5.75 Å². The van der Waals surface area contributed by atoms with Crippen LogP contribution >= 0.6 is 0 Å². The number of aryl methyl sites for hydroxylation is 2. The van der Waals surface area contributed by atoms with Gasteiger partial charge in [0.1, 0.15) is 11.8 Å². The van der Waals surface area contributed by atoms with Crippen molar-refractivity contribution in [3.63, 3.8) is 0 Å². The Hall–Kier alpha value is -2.04. The number of carboxylic acids is 1. The van der Waals surface area contributed by atoms with Crippen LogP contribution in [0.4, 0.5) is 0 Å². The molecule has 1 aromatic carbocycles. The number of likely N-dealkylation sites (N-methyl/N-ethyl adjacent to an activating group) is 1. The van der Waals surface area contributed by atoms with E-state index in [1.54, 1.807) is 6.92 Å². The zero-order chi connectivity index (χ0) is 16.0. The summed E-state index contributed by atoms with van der Waals surface area (Å²) in [6, 6.07) is 5.08. The largest absolute Gasteiger partial charge is 0.493 e. The molecule has 21 heavy (non-hydrogen) atoms. The number of amides is 1. The van der Waals surface area contributed by atoms with Gasteiger partial charge in [-0.2, -0.15) is 0 Å². The van der Waals surface area contributed by atoms with Gasteiger partial charge in [0.25, 0.3) is 0 Å². The molecular formula is C16H23NO4. The maximum atomic E-state index is 12.0. The van der Waals surface area contributed by atoms with E-state index in [1.807, 2.05) is 32.0 Å². The topological polar surface area (TPSA) is 66.8 Å². The zero-order valence-corrected chi connectivity index (χ0v) is 13.0. The predicted octanol–water partition coefficient (Wildman–Crippen LogP) is 2.39. The number of aliphatic carboxylic acids is 1. The van der Waals surface area contributed by atoms with Gasteiger partial charge in [-0.1, -0.05) is 25.1 Å². The first-order valence-electron chi connectivity index (χ1n) is 7.06. The average molecular weight is 293 g/mol. The molecule has 1 amide bonds. The van der Waals surface area contributed by atoms with E-state index in [1.165, 1.54) is 11.9 Å². The van der Waals surface area contributed by atoms with Gasteiger partial charge in [-0.15, -0.1) is 0 Å². The minimum absolute atomic E-state index is 0.161. The van der Waals surface area contributed by atoms with E-state index in [2.05, 4.69) is 0 Å². The first kappa shape index (κ1) is 17.0. The van der Waals surface area contributed by atoms with Crippen molar-refractivity contribution < 1.29 is 19.4 Å². The van der Waals surface area contributed by atoms with E-state index in [9.17, 15) is 9.59 Å². The van der Waals surface area contributed by atoms with Crippen LogP contribution in [0.15, 0.2) is 18.2 Å². The molecule has 5 heteroatoms. The lowest BCUT2D eigenvalue weighted by Gasteiger charge is -2.24. The molecule has 0 spiro atoms. The lowest BCUT2D eigenvalue weighted by molar-refractivity contribution is -0.149. The van der Waals surface area contributed by atoms with Crippen molar-refractivity contribution >= 4 is 11.9 Å². The minimum atomic E-state index is -0.982. The Morgan fingerprint density at radius 3 is 2.33 bits per heavy atom. The Labute approximate surface area is 125 Å². The van der Waals surface area contributed by atoms with Crippen LogP contribution in [0, 0.1) is 13.8 Å². The summed E-state index contributed by atoms with van der Waals surface area (Å²) in [4.78, 5) is 24.3. The van der Waals surface area contributed by atoms with E-state index < -0.39 is 12.0 Å². The van der Waals surface area contributed by atoms with Crippen molar-refractivity contribution in [1.82, 2.24) is 4.90 Å². The Morgan fingerprint density at radius 2 is 1.86 bits per heavy atom. The summed E-state index contributed by atoms with van der Waals surface area (Å²) < 4.78 is 5.67. The Kier molecular flexibility index (Phi) is 6.21. The van der Waals surface area contributed by atoms with Crippen LogP contribution in [0.1, 0.15) is 30.9 Å². The summed E-state index contributed by atoms with van der Waals surface area (Å²) in [6.45, 7) is 5.89. The summed E-state index contributed by atoms with van der Waals surface area (Å²) in [5.41, 5.74) is 2.04. The van der Waals surface area contributed by atoms with Crippen LogP contribution < -0.4 is 4.74 Å². The van der Waals surface area contributed by atoms with Crippen LogP contribution in [-0.2, 0) is 9.59 Å². The van der Waals surface area contributed by atoms with E-state index in [4.69, 9.17) is 9.84 Å². The third kappa shape index (κ3) is 4.48. The fraction of sp³-hybridized carbons (Fsp3) is 0.500. The van der Waals surface area contributed by atoms with Gasteiger partial charge in [-0.25, -0.2) is 4.79 Å². The van der Waals surface area contributed by atoms with Crippen molar-refractivity contribution in [2.75, 3.05) is 13.7 Å². The maximum Gasteiger partial charge on any atom is 0.326 e. The quantitative estimate of drug-likeness (QED) is 0.838. The van der Waals surface area contributed by atoms with Crippen LogP contribution in [0.2, 0.25) is 0 Å². The monoisotopic (exact) mass is 293 g/mol. The molecule has 0 saturated heterocycles. The highest BCUT2D eigenvalue weighted by atomic mass is 16.5. The van der Waals surface area contributed by atoms with Gasteiger partial charge in [-0.05, 0) is 31.4 Å². The lowest BCUT2D eigenvalue weighted by atomic mass is 10.1. The molecule has 1 rings (SSSR count). The molecule has 1 unspecified atom stereocenters. The van der Waals surface area contributed by atoms with Crippen LogP contribution in [0.3, 0.4) is 0 Å². The third-order valence-electron chi connectivity index (χ3n) is 3.50. The summed E-state index contributed by atoms with van der Waals surface area (Å²) in [7, 11) is 1.52. The Morgan fingerprint density at radius 1 is 1.29 bits per heavy atom. The lowest BCUT2D eigenvalue weighted by Crippen LogP contribution is -2.42. The number of ether oxygens (including phenoxy) is 1. The van der Waals surface area contributed by atoms with Crippen molar-refractivity contribution in [3.05, 3.63) is 29.3 Å². The normalized spacial score (nSPS) is 11.8. The highest BCUT2D eigenvalue weighted by molar-refractivity contribution is 5.83. The molecular weight excluding hydrogens is 270 g/mol. The second-order valence-electron chi connectivity index (χ2n) is 5.09. The van der Waals surface area contributed by atoms with Gasteiger partial charge in [0.15, 0.2) is 0 Å². The van der Waals surface area contributed by atoms with Crippen molar-refractivity contribution in [2.45, 2.75) is 39.7 Å². The van der Waals surface area contributed by atoms with Gasteiger partial charge in [0, 0.05) is 7.05 Å². The second-order valence-corrected chi connectivity index (χ2v) is 5.09. The molecule has 0 aromatic heterocycles. The molecule has 0 bridgehead atoms. The number of carboxylic acid groups (broad SMARTS) is 1. The molecule has 0 fully saturated rings. The Balaban J connectivity index is 2.56. The first-order chi connectivity index (χ1) is 9.88. The number of carbonyl (C=O) groups excluding carboxylic acids is 1. The summed E-state index contributed by atoms with van der Waals surface area (Å²) in [6.07, 6.45) is 0.545. The average Bonchev–Trinajstić information content (AvgIpc) is 2.42. The van der Waals surface area contributed by atoms with Crippen LogP contribution in [0.5, 0.6) is 5.75 Å². The van der Waals surface area contributed by atoms with Gasteiger partial charge >= 0.3 is 5.97 Å². The van der Waals surface area contributed by atoms with E-state index >= 15 is 0 Å². The molecule has 0 aliphatic carbocycles. The maximum absolute atomic E-state index is 12.0. The fourth-order valence-electron chi connectivity index (χ4n) is 2.23. The smallest absolute Gasteiger partial charge is 0.326 e. The zero-order valence-electron chi connectivity index (χ0n) is 13.0.